The summed E-state index contributed by atoms with van der Waals surface area (Å²) in [5.41, 5.74) is -1.44. The van der Waals surface area contributed by atoms with Crippen molar-refractivity contribution in [2.24, 2.45) is 0 Å². The van der Waals surface area contributed by atoms with Gasteiger partial charge < -0.3 is 20.7 Å². The molecule has 9 nitrogen and oxygen atoms in total. The number of amides is 2. The van der Waals surface area contributed by atoms with E-state index in [1.807, 2.05) is 0 Å². The fourth-order valence-corrected chi connectivity index (χ4v) is 3.96. The molecule has 12 heteroatoms. The predicted molar refractivity (Wildman–Crippen MR) is 141 cm³/mol. The van der Waals surface area contributed by atoms with Gasteiger partial charge in [0.2, 0.25) is 11.9 Å². The van der Waals surface area contributed by atoms with Crippen LogP contribution in [0.15, 0.2) is 30.5 Å². The first-order valence-corrected chi connectivity index (χ1v) is 12.5. The quantitative estimate of drug-likeness (QED) is 0.342. The van der Waals surface area contributed by atoms with Crippen LogP contribution in [0.5, 0.6) is 0 Å². The molecule has 0 spiro atoms. The van der Waals surface area contributed by atoms with Crippen molar-refractivity contribution in [1.82, 2.24) is 20.2 Å². The topological polar surface area (TPSA) is 108 Å². The molecule has 3 rings (SSSR count). The molecule has 1 atom stereocenters. The summed E-state index contributed by atoms with van der Waals surface area (Å²) in [4.78, 5) is 34.8. The van der Waals surface area contributed by atoms with Crippen LogP contribution in [-0.4, -0.2) is 64.1 Å². The highest BCUT2D eigenvalue weighted by Gasteiger charge is 2.58. The van der Waals surface area contributed by atoms with Crippen molar-refractivity contribution in [2.45, 2.75) is 64.0 Å². The van der Waals surface area contributed by atoms with Crippen LogP contribution in [0.4, 0.5) is 35.4 Å². The van der Waals surface area contributed by atoms with Crippen molar-refractivity contribution in [3.63, 3.8) is 0 Å². The largest absolute Gasteiger partial charge is 0.444 e. The van der Waals surface area contributed by atoms with Gasteiger partial charge in [-0.15, -0.1) is 0 Å². The number of hydrogen-bond acceptors (Lipinski definition) is 7. The Hall–Kier alpha value is -4.01. The third-order valence-electron chi connectivity index (χ3n) is 5.80. The van der Waals surface area contributed by atoms with Gasteiger partial charge in [-0.25, -0.2) is 22.9 Å². The van der Waals surface area contributed by atoms with Crippen molar-refractivity contribution < 1.29 is 27.5 Å². The van der Waals surface area contributed by atoms with Gasteiger partial charge in [0, 0.05) is 32.1 Å². The highest BCUT2D eigenvalue weighted by atomic mass is 19.3. The zero-order valence-electron chi connectivity index (χ0n) is 22.6. The maximum Gasteiger partial charge on any atom is 0.411 e. The molecule has 0 aliphatic carbocycles. The van der Waals surface area contributed by atoms with E-state index in [0.29, 0.717) is 35.9 Å². The van der Waals surface area contributed by atoms with Crippen molar-refractivity contribution >= 4 is 29.5 Å². The van der Waals surface area contributed by atoms with E-state index in [0.717, 1.165) is 4.90 Å². The Bertz CT molecular complexity index is 1250. The van der Waals surface area contributed by atoms with Crippen LogP contribution in [0.2, 0.25) is 0 Å². The average molecular weight is 547 g/mol. The van der Waals surface area contributed by atoms with Gasteiger partial charge in [-0.2, -0.15) is 4.98 Å². The first-order chi connectivity index (χ1) is 18.2. The number of alkyl halides is 2. The molecule has 0 unspecified atom stereocenters. The molecule has 2 aromatic rings. The minimum atomic E-state index is -3.20. The number of likely N-dealkylation sites (tertiary alicyclic amines) is 1. The predicted octanol–water partition coefficient (Wildman–Crippen LogP) is 4.68. The summed E-state index contributed by atoms with van der Waals surface area (Å²) in [6.07, 6.45) is 0.666. The summed E-state index contributed by atoms with van der Waals surface area (Å²) < 4.78 is 46.8. The van der Waals surface area contributed by atoms with Crippen LogP contribution in [0.25, 0.3) is 0 Å². The van der Waals surface area contributed by atoms with Crippen molar-refractivity contribution in [3.8, 4) is 11.8 Å². The van der Waals surface area contributed by atoms with Crippen molar-refractivity contribution in [3.05, 3.63) is 41.8 Å². The third kappa shape index (κ3) is 7.99. The lowest BCUT2D eigenvalue weighted by molar-refractivity contribution is -0.131. The number of aromatic nitrogens is 2. The lowest BCUT2D eigenvalue weighted by atomic mass is 9.96. The molecule has 39 heavy (non-hydrogen) atoms. The molecule has 0 radical (unpaired) electrons. The Morgan fingerprint density at radius 2 is 1.90 bits per heavy atom. The average Bonchev–Trinajstić information content (AvgIpc) is 3.12. The monoisotopic (exact) mass is 546 g/mol. The molecule has 0 saturated carbocycles. The lowest BCUT2D eigenvalue weighted by Gasteiger charge is -2.34. The molecule has 2 amide bonds. The molecule has 3 N–H and O–H groups in total. The summed E-state index contributed by atoms with van der Waals surface area (Å²) in [6, 6.07) is 5.78. The molecular weight excluding hydrogens is 513 g/mol. The molecule has 1 aliphatic heterocycles. The molecule has 0 bridgehead atoms. The summed E-state index contributed by atoms with van der Waals surface area (Å²) in [7, 11) is 1.69. The molecule has 1 fully saturated rings. The van der Waals surface area contributed by atoms with Gasteiger partial charge in [-0.1, -0.05) is 11.8 Å². The van der Waals surface area contributed by atoms with Gasteiger partial charge in [0.15, 0.2) is 0 Å². The summed E-state index contributed by atoms with van der Waals surface area (Å²) in [5, 5.41) is 8.58. The van der Waals surface area contributed by atoms with E-state index < -0.39 is 42.0 Å². The number of benzene rings is 1. The van der Waals surface area contributed by atoms with E-state index in [9.17, 15) is 22.8 Å². The molecule has 210 valence electrons. The van der Waals surface area contributed by atoms with Gasteiger partial charge in [0.25, 0.3) is 5.92 Å². The number of ether oxygens (including phenoxy) is 1. The molecule has 1 aliphatic rings. The second kappa shape index (κ2) is 11.8. The normalized spacial score (nSPS) is 18.1. The molecule has 1 aromatic heterocycles. The fraction of sp³-hybridized carbons (Fsp3) is 0.481. The second-order valence-corrected chi connectivity index (χ2v) is 10.4. The minimum Gasteiger partial charge on any atom is -0.444 e. The van der Waals surface area contributed by atoms with Crippen molar-refractivity contribution in [2.75, 3.05) is 30.8 Å². The number of carbonyl (C=O) groups is 2. The van der Waals surface area contributed by atoms with E-state index in [-0.39, 0.29) is 12.4 Å². The number of carbonyl (C=O) groups excluding carboxylic acids is 2. The van der Waals surface area contributed by atoms with Crippen LogP contribution in [0, 0.1) is 17.7 Å². The van der Waals surface area contributed by atoms with Crippen LogP contribution >= 0.6 is 0 Å². The molecule has 2 heterocycles. The SMILES string of the molecule is CNc1nc(Nc2ccc(F)cc2)ncc1C#CCCCNC(=O)[C@]1(C)CC(F)(F)CN1C(=O)OC(C)(C)C. The Morgan fingerprint density at radius 3 is 2.54 bits per heavy atom. The highest BCUT2D eigenvalue weighted by Crippen LogP contribution is 2.40. The maximum absolute atomic E-state index is 14.2. The number of anilines is 3. The number of unbranched alkanes of at least 4 members (excludes halogenated alkanes) is 1. The highest BCUT2D eigenvalue weighted by molar-refractivity contribution is 5.90. The van der Waals surface area contributed by atoms with Crippen molar-refractivity contribution in [1.29, 1.82) is 0 Å². The van der Waals surface area contributed by atoms with Gasteiger partial charge in [-0.05, 0) is 58.4 Å². The fourth-order valence-electron chi connectivity index (χ4n) is 3.96. The van der Waals surface area contributed by atoms with Crippen LogP contribution in [0.1, 0.15) is 52.5 Å². The van der Waals surface area contributed by atoms with E-state index in [1.54, 1.807) is 46.1 Å². The number of rotatable bonds is 7. The molecule has 1 aromatic carbocycles. The Labute approximate surface area is 225 Å². The van der Waals surface area contributed by atoms with Gasteiger partial charge in [0.1, 0.15) is 22.8 Å². The van der Waals surface area contributed by atoms with Crippen LogP contribution in [-0.2, 0) is 9.53 Å². The van der Waals surface area contributed by atoms with E-state index in [1.165, 1.54) is 19.1 Å². The van der Waals surface area contributed by atoms with E-state index >= 15 is 0 Å². The summed E-state index contributed by atoms with van der Waals surface area (Å²) in [5.74, 6) is 2.54. The summed E-state index contributed by atoms with van der Waals surface area (Å²) in [6.45, 7) is 5.51. The van der Waals surface area contributed by atoms with Crippen LogP contribution in [0.3, 0.4) is 0 Å². The van der Waals surface area contributed by atoms with E-state index in [2.05, 4.69) is 37.8 Å². The van der Waals surface area contributed by atoms with Gasteiger partial charge in [0.05, 0.1) is 18.3 Å². The molecule has 1 saturated heterocycles. The number of hydrogen-bond donors (Lipinski definition) is 3. The van der Waals surface area contributed by atoms with E-state index in [4.69, 9.17) is 4.74 Å². The zero-order valence-corrected chi connectivity index (χ0v) is 22.6. The Balaban J connectivity index is 1.54. The van der Waals surface area contributed by atoms with Crippen LogP contribution < -0.4 is 16.0 Å². The first-order valence-electron chi connectivity index (χ1n) is 12.5. The number of nitrogens with zero attached hydrogens (tertiary/aromatic N) is 3. The third-order valence-corrected chi connectivity index (χ3v) is 5.80. The summed E-state index contributed by atoms with van der Waals surface area (Å²) >= 11 is 0. The number of nitrogens with one attached hydrogen (secondary N) is 3. The van der Waals surface area contributed by atoms with Gasteiger partial charge >= 0.3 is 6.09 Å². The zero-order chi connectivity index (χ0) is 28.8. The lowest BCUT2D eigenvalue weighted by Crippen LogP contribution is -2.56. The smallest absolute Gasteiger partial charge is 0.411 e. The standard InChI is InChI=1S/C27H33F3N6O3/c1-25(2,3)39-24(38)36-17-27(29,30)16-26(36,4)22(37)32-14-8-6-7-9-18-15-33-23(35-21(18)31-5)34-20-12-10-19(28)11-13-20/h10-13,15H,6,8,14,16-17H2,1-5H3,(H,32,37)(H2,31,33,34,35)/t26-/m0/s1. The second-order valence-electron chi connectivity index (χ2n) is 10.4. The minimum absolute atomic E-state index is 0.187. The molecular formula is C27H33F3N6O3. The Kier molecular flexibility index (Phi) is 8.94. The Morgan fingerprint density at radius 1 is 1.21 bits per heavy atom. The first kappa shape index (κ1) is 29.5. The maximum atomic E-state index is 14.2. The number of halogens is 3. The van der Waals surface area contributed by atoms with Gasteiger partial charge in [-0.3, -0.25) is 9.69 Å².